The quantitative estimate of drug-likeness (QED) is 0.795. The van der Waals surface area contributed by atoms with Crippen LogP contribution in [0.2, 0.25) is 0 Å². The summed E-state index contributed by atoms with van der Waals surface area (Å²) in [4.78, 5) is 18.6. The molecule has 0 spiro atoms. The van der Waals surface area contributed by atoms with Gasteiger partial charge in [-0.1, -0.05) is 0 Å². The molecule has 0 saturated carbocycles. The lowest BCUT2D eigenvalue weighted by molar-refractivity contribution is 0.0690. The summed E-state index contributed by atoms with van der Waals surface area (Å²) >= 11 is 0. The van der Waals surface area contributed by atoms with E-state index >= 15 is 0 Å². The molecule has 0 aliphatic rings. The summed E-state index contributed by atoms with van der Waals surface area (Å²) in [6, 6.07) is 3.24. The van der Waals surface area contributed by atoms with Crippen molar-refractivity contribution in [3.63, 3.8) is 0 Å². The van der Waals surface area contributed by atoms with E-state index < -0.39 is 5.97 Å². The van der Waals surface area contributed by atoms with Gasteiger partial charge in [0.05, 0.1) is 12.0 Å². The molecular formula is C10H9N3O2. The number of hydrogen-bond donors (Lipinski definition) is 1. The van der Waals surface area contributed by atoms with Gasteiger partial charge in [0, 0.05) is 25.0 Å². The van der Waals surface area contributed by atoms with Crippen LogP contribution in [0, 0.1) is 0 Å². The molecule has 0 radical (unpaired) electrons. The van der Waals surface area contributed by atoms with Crippen LogP contribution in [-0.4, -0.2) is 25.6 Å². The lowest BCUT2D eigenvalue weighted by atomic mass is 10.2. The van der Waals surface area contributed by atoms with Gasteiger partial charge in [-0.05, 0) is 12.1 Å². The SMILES string of the molecule is Cn1cnc(-c2ccnc(C(=O)O)c2)c1. The van der Waals surface area contributed by atoms with Gasteiger partial charge in [0.2, 0.25) is 0 Å². The van der Waals surface area contributed by atoms with Crippen molar-refractivity contribution < 1.29 is 9.90 Å². The average Bonchev–Trinajstić information content (AvgIpc) is 2.65. The first-order chi connectivity index (χ1) is 7.16. The van der Waals surface area contributed by atoms with Crippen LogP contribution in [0.3, 0.4) is 0 Å². The Morgan fingerprint density at radius 2 is 2.27 bits per heavy atom. The van der Waals surface area contributed by atoms with Crippen LogP contribution < -0.4 is 0 Å². The minimum Gasteiger partial charge on any atom is -0.477 e. The van der Waals surface area contributed by atoms with Crippen molar-refractivity contribution >= 4 is 5.97 Å². The highest BCUT2D eigenvalue weighted by Gasteiger charge is 2.07. The van der Waals surface area contributed by atoms with E-state index in [1.165, 1.54) is 12.3 Å². The van der Waals surface area contributed by atoms with Gasteiger partial charge in [0.15, 0.2) is 0 Å². The van der Waals surface area contributed by atoms with Gasteiger partial charge in [0.25, 0.3) is 0 Å². The highest BCUT2D eigenvalue weighted by Crippen LogP contribution is 2.16. The zero-order valence-corrected chi connectivity index (χ0v) is 8.08. The number of hydrogen-bond acceptors (Lipinski definition) is 3. The van der Waals surface area contributed by atoms with E-state index in [0.29, 0.717) is 0 Å². The number of rotatable bonds is 2. The third-order valence-electron chi connectivity index (χ3n) is 1.98. The molecule has 0 atom stereocenters. The van der Waals surface area contributed by atoms with Crippen molar-refractivity contribution in [1.29, 1.82) is 0 Å². The Balaban J connectivity index is 2.45. The molecule has 0 fully saturated rings. The van der Waals surface area contributed by atoms with E-state index in [4.69, 9.17) is 5.11 Å². The molecule has 0 unspecified atom stereocenters. The molecule has 2 aromatic heterocycles. The maximum absolute atomic E-state index is 10.7. The summed E-state index contributed by atoms with van der Waals surface area (Å²) in [6.45, 7) is 0. The molecule has 15 heavy (non-hydrogen) atoms. The Morgan fingerprint density at radius 3 is 2.87 bits per heavy atom. The summed E-state index contributed by atoms with van der Waals surface area (Å²) in [5.41, 5.74) is 1.52. The Labute approximate surface area is 86.0 Å². The number of carboxylic acid groups (broad SMARTS) is 1. The normalized spacial score (nSPS) is 10.2. The van der Waals surface area contributed by atoms with E-state index in [1.807, 2.05) is 13.2 Å². The largest absolute Gasteiger partial charge is 0.477 e. The second kappa shape index (κ2) is 3.53. The summed E-state index contributed by atoms with van der Waals surface area (Å²) in [5.74, 6) is -1.03. The van der Waals surface area contributed by atoms with E-state index in [9.17, 15) is 4.79 Å². The van der Waals surface area contributed by atoms with Gasteiger partial charge in [-0.15, -0.1) is 0 Å². The molecule has 0 saturated heterocycles. The molecule has 2 heterocycles. The fraction of sp³-hybridized carbons (Fsp3) is 0.100. The third-order valence-corrected chi connectivity index (χ3v) is 1.98. The number of aromatic carboxylic acids is 1. The maximum Gasteiger partial charge on any atom is 0.354 e. The van der Waals surface area contributed by atoms with Crippen molar-refractivity contribution in [2.45, 2.75) is 0 Å². The van der Waals surface area contributed by atoms with Crippen LogP contribution in [0.5, 0.6) is 0 Å². The Kier molecular flexibility index (Phi) is 2.21. The van der Waals surface area contributed by atoms with Crippen LogP contribution in [0.25, 0.3) is 11.3 Å². The first kappa shape index (κ1) is 9.39. The number of aromatic nitrogens is 3. The van der Waals surface area contributed by atoms with Gasteiger partial charge in [0.1, 0.15) is 5.69 Å². The summed E-state index contributed by atoms with van der Waals surface area (Å²) in [6.07, 6.45) is 4.95. The van der Waals surface area contributed by atoms with E-state index in [-0.39, 0.29) is 5.69 Å². The number of imidazole rings is 1. The molecule has 0 aliphatic carbocycles. The molecule has 1 N–H and O–H groups in total. The monoisotopic (exact) mass is 203 g/mol. The van der Waals surface area contributed by atoms with E-state index in [2.05, 4.69) is 9.97 Å². The third kappa shape index (κ3) is 1.85. The number of carboxylic acids is 1. The van der Waals surface area contributed by atoms with Gasteiger partial charge in [-0.25, -0.2) is 14.8 Å². The number of carbonyl (C=O) groups is 1. The van der Waals surface area contributed by atoms with Crippen molar-refractivity contribution in [3.8, 4) is 11.3 Å². The van der Waals surface area contributed by atoms with Gasteiger partial charge in [-0.2, -0.15) is 0 Å². The lowest BCUT2D eigenvalue weighted by Gasteiger charge is -1.97. The van der Waals surface area contributed by atoms with Crippen molar-refractivity contribution in [2.75, 3.05) is 0 Å². The Morgan fingerprint density at radius 1 is 1.47 bits per heavy atom. The van der Waals surface area contributed by atoms with Crippen LogP contribution in [-0.2, 0) is 7.05 Å². The number of nitrogens with zero attached hydrogens (tertiary/aromatic N) is 3. The smallest absolute Gasteiger partial charge is 0.354 e. The second-order valence-corrected chi connectivity index (χ2v) is 3.16. The molecule has 0 bridgehead atoms. The van der Waals surface area contributed by atoms with E-state index in [0.717, 1.165) is 11.3 Å². The molecular weight excluding hydrogens is 194 g/mol. The highest BCUT2D eigenvalue weighted by molar-refractivity contribution is 5.86. The predicted molar refractivity (Wildman–Crippen MR) is 53.4 cm³/mol. The topological polar surface area (TPSA) is 68.0 Å². The lowest BCUT2D eigenvalue weighted by Crippen LogP contribution is -1.99. The van der Waals surface area contributed by atoms with Crippen LogP contribution in [0.1, 0.15) is 10.5 Å². The second-order valence-electron chi connectivity index (χ2n) is 3.16. The first-order valence-electron chi connectivity index (χ1n) is 4.34. The summed E-state index contributed by atoms with van der Waals surface area (Å²) < 4.78 is 1.80. The average molecular weight is 203 g/mol. The minimum atomic E-state index is -1.03. The zero-order valence-electron chi connectivity index (χ0n) is 8.08. The van der Waals surface area contributed by atoms with Crippen LogP contribution in [0.4, 0.5) is 0 Å². The van der Waals surface area contributed by atoms with Gasteiger partial charge in [-0.3, -0.25) is 0 Å². The molecule has 2 rings (SSSR count). The van der Waals surface area contributed by atoms with E-state index in [1.54, 1.807) is 17.0 Å². The Bertz CT molecular complexity index is 505. The molecule has 5 heteroatoms. The minimum absolute atomic E-state index is 0.0261. The number of aryl methyl sites for hydroxylation is 1. The molecule has 0 aromatic carbocycles. The van der Waals surface area contributed by atoms with Crippen molar-refractivity contribution in [2.24, 2.45) is 7.05 Å². The first-order valence-corrected chi connectivity index (χ1v) is 4.34. The maximum atomic E-state index is 10.7. The fourth-order valence-corrected chi connectivity index (χ4v) is 1.27. The molecule has 0 aliphatic heterocycles. The molecule has 0 amide bonds. The van der Waals surface area contributed by atoms with Crippen LogP contribution in [0.15, 0.2) is 30.9 Å². The highest BCUT2D eigenvalue weighted by atomic mass is 16.4. The predicted octanol–water partition coefficient (Wildman–Crippen LogP) is 1.18. The van der Waals surface area contributed by atoms with Gasteiger partial charge >= 0.3 is 5.97 Å². The van der Waals surface area contributed by atoms with Crippen molar-refractivity contribution in [3.05, 3.63) is 36.5 Å². The molecule has 5 nitrogen and oxygen atoms in total. The van der Waals surface area contributed by atoms with Crippen molar-refractivity contribution in [1.82, 2.24) is 14.5 Å². The van der Waals surface area contributed by atoms with Gasteiger partial charge < -0.3 is 9.67 Å². The standard InChI is InChI=1S/C10H9N3O2/c1-13-5-9(12-6-13)7-2-3-11-8(4-7)10(14)15/h2-6H,1H3,(H,14,15). The zero-order chi connectivity index (χ0) is 10.8. The summed E-state index contributed by atoms with van der Waals surface area (Å²) in [7, 11) is 1.86. The summed E-state index contributed by atoms with van der Waals surface area (Å²) in [5, 5.41) is 8.77. The molecule has 76 valence electrons. The Hall–Kier alpha value is -2.17. The molecule has 2 aromatic rings. The number of pyridine rings is 1. The van der Waals surface area contributed by atoms with Crippen LogP contribution >= 0.6 is 0 Å². The fourth-order valence-electron chi connectivity index (χ4n) is 1.27.